The Labute approximate surface area is 260 Å². The molecule has 0 aliphatic heterocycles. The monoisotopic (exact) mass is 668 g/mol. The molecule has 0 unspecified atom stereocenters. The molecule has 0 spiro atoms. The molecule has 244 valence electrons. The van der Waals surface area contributed by atoms with E-state index in [1.165, 1.54) is 12.1 Å². The summed E-state index contributed by atoms with van der Waals surface area (Å²) in [4.78, 5) is 0. The van der Waals surface area contributed by atoms with Gasteiger partial charge in [0, 0.05) is 23.3 Å². The first-order chi connectivity index (χ1) is 22.1. The third-order valence-corrected chi connectivity index (χ3v) is 6.29. The average Bonchev–Trinajstić information content (AvgIpc) is 2.96. The van der Waals surface area contributed by atoms with Crippen LogP contribution in [-0.2, 0) is 12.5 Å². The van der Waals surface area contributed by atoms with Crippen molar-refractivity contribution in [1.82, 2.24) is 0 Å². The van der Waals surface area contributed by atoms with Gasteiger partial charge in [-0.2, -0.15) is 8.78 Å². The molecule has 47 heavy (non-hydrogen) atoms. The molecule has 4 rings (SSSR count). The lowest BCUT2D eigenvalue weighted by Crippen LogP contribution is -2.23. The molecule has 0 aliphatic carbocycles. The molecular formula is C34H19F11O2. The minimum Gasteiger partial charge on any atom is -0.429 e. The van der Waals surface area contributed by atoms with E-state index in [1.807, 2.05) is 18.8 Å². The van der Waals surface area contributed by atoms with Crippen LogP contribution in [0, 0.1) is 58.6 Å². The fraction of sp³-hybridized carbons (Fsp3) is 0.176. The lowest BCUT2D eigenvalue weighted by atomic mass is 10.1. The Morgan fingerprint density at radius 1 is 0.596 bits per heavy atom. The molecule has 0 aliphatic rings. The predicted octanol–water partition coefficient (Wildman–Crippen LogP) is 9.69. The highest BCUT2D eigenvalue weighted by molar-refractivity contribution is 5.48. The number of hydrogen-bond donors (Lipinski definition) is 0. The average molecular weight is 669 g/mol. The second-order valence-corrected chi connectivity index (χ2v) is 9.81. The molecule has 2 nitrogen and oxygen atoms in total. The maximum Gasteiger partial charge on any atom is 0.573 e. The number of hydrogen-bond acceptors (Lipinski definition) is 2. The molecule has 0 atom stereocenters. The van der Waals surface area contributed by atoms with Gasteiger partial charge >= 0.3 is 12.5 Å². The molecule has 0 heterocycles. The number of halogens is 11. The van der Waals surface area contributed by atoms with Crippen molar-refractivity contribution >= 4 is 0 Å². The summed E-state index contributed by atoms with van der Waals surface area (Å²) in [6.45, 7) is 1.99. The van der Waals surface area contributed by atoms with E-state index in [0.717, 1.165) is 24.5 Å². The van der Waals surface area contributed by atoms with Crippen molar-refractivity contribution in [1.29, 1.82) is 0 Å². The molecule has 0 N–H and O–H groups in total. The zero-order valence-electron chi connectivity index (χ0n) is 23.9. The number of benzene rings is 4. The number of alkyl halides is 5. The zero-order chi connectivity index (χ0) is 34.5. The smallest absolute Gasteiger partial charge is 0.429 e. The van der Waals surface area contributed by atoms with E-state index in [0.29, 0.717) is 30.7 Å². The standard InChI is InChI=1S/C34H19F11O2/c1-2-3-4-19-5-9-22(26(35)13-19)10-6-20-8-12-25(29(38)14-20)33(41,42)46-23-17-27(36)24(28(37)18-23)11-7-21-15-30(39)32(31(40)16-21)47-34(43,44)45/h5,8-9,12-18H,2-4H2,1H3. The Kier molecular flexibility index (Phi) is 10.4. The Morgan fingerprint density at radius 3 is 1.79 bits per heavy atom. The van der Waals surface area contributed by atoms with Crippen LogP contribution >= 0.6 is 0 Å². The van der Waals surface area contributed by atoms with Crippen LogP contribution < -0.4 is 9.47 Å². The quantitative estimate of drug-likeness (QED) is 0.144. The van der Waals surface area contributed by atoms with Gasteiger partial charge in [-0.1, -0.05) is 43.1 Å². The molecule has 0 amide bonds. The normalized spacial score (nSPS) is 11.3. The molecule has 0 aromatic heterocycles. The molecular weight excluding hydrogens is 649 g/mol. The molecule has 4 aromatic rings. The van der Waals surface area contributed by atoms with E-state index in [9.17, 15) is 48.3 Å². The largest absolute Gasteiger partial charge is 0.573 e. The summed E-state index contributed by atoms with van der Waals surface area (Å²) in [5.41, 5.74) is -2.34. The van der Waals surface area contributed by atoms with Gasteiger partial charge in [0.25, 0.3) is 0 Å². The maximum atomic E-state index is 14.8. The number of ether oxygens (including phenoxy) is 2. The highest BCUT2D eigenvalue weighted by Crippen LogP contribution is 2.35. The molecule has 4 aromatic carbocycles. The van der Waals surface area contributed by atoms with Gasteiger partial charge in [0.1, 0.15) is 34.6 Å². The van der Waals surface area contributed by atoms with E-state index in [4.69, 9.17) is 0 Å². The lowest BCUT2D eigenvalue weighted by molar-refractivity contribution is -0.276. The van der Waals surface area contributed by atoms with Crippen molar-refractivity contribution in [2.24, 2.45) is 0 Å². The van der Waals surface area contributed by atoms with Crippen molar-refractivity contribution in [3.05, 3.63) is 129 Å². The van der Waals surface area contributed by atoms with E-state index in [-0.39, 0.29) is 23.3 Å². The Bertz CT molecular complexity index is 1880. The fourth-order valence-electron chi connectivity index (χ4n) is 4.08. The summed E-state index contributed by atoms with van der Waals surface area (Å²) in [7, 11) is 0. The summed E-state index contributed by atoms with van der Waals surface area (Å²) >= 11 is 0. The summed E-state index contributed by atoms with van der Waals surface area (Å²) in [5.74, 6) is -2.96. The third-order valence-electron chi connectivity index (χ3n) is 6.29. The molecule has 13 heteroatoms. The number of unbranched alkanes of at least 4 members (excludes halogenated alkanes) is 1. The van der Waals surface area contributed by atoms with Gasteiger partial charge in [-0.15, -0.1) is 13.2 Å². The topological polar surface area (TPSA) is 18.5 Å². The first kappa shape index (κ1) is 34.7. The van der Waals surface area contributed by atoms with Gasteiger partial charge in [-0.05, 0) is 60.9 Å². The predicted molar refractivity (Wildman–Crippen MR) is 147 cm³/mol. The van der Waals surface area contributed by atoms with Gasteiger partial charge < -0.3 is 9.47 Å². The first-order valence-corrected chi connectivity index (χ1v) is 13.5. The van der Waals surface area contributed by atoms with Crippen LogP contribution in [-0.4, -0.2) is 6.36 Å². The van der Waals surface area contributed by atoms with Gasteiger partial charge in [0.2, 0.25) is 5.75 Å². The Balaban J connectivity index is 1.51. The van der Waals surface area contributed by atoms with Gasteiger partial charge in [-0.25, -0.2) is 26.3 Å². The van der Waals surface area contributed by atoms with E-state index in [1.54, 1.807) is 6.07 Å². The van der Waals surface area contributed by atoms with Crippen LogP contribution in [0.3, 0.4) is 0 Å². The van der Waals surface area contributed by atoms with Gasteiger partial charge in [0.15, 0.2) is 11.6 Å². The Morgan fingerprint density at radius 2 is 1.21 bits per heavy atom. The highest BCUT2D eigenvalue weighted by atomic mass is 19.4. The van der Waals surface area contributed by atoms with Crippen molar-refractivity contribution in [2.45, 2.75) is 38.7 Å². The molecule has 0 fully saturated rings. The van der Waals surface area contributed by atoms with Crippen molar-refractivity contribution in [3.63, 3.8) is 0 Å². The van der Waals surface area contributed by atoms with Gasteiger partial charge in [-0.3, -0.25) is 0 Å². The number of aryl methyl sites for hydroxylation is 1. The maximum absolute atomic E-state index is 14.8. The third kappa shape index (κ3) is 8.97. The summed E-state index contributed by atoms with van der Waals surface area (Å²) in [6, 6.07) is 7.90. The first-order valence-electron chi connectivity index (χ1n) is 13.5. The number of rotatable bonds is 7. The molecule has 0 bridgehead atoms. The van der Waals surface area contributed by atoms with Crippen LogP contribution in [0.15, 0.2) is 60.7 Å². The van der Waals surface area contributed by atoms with Crippen LogP contribution in [0.25, 0.3) is 0 Å². The summed E-state index contributed by atoms with van der Waals surface area (Å²) in [6.07, 6.45) is -7.40. The van der Waals surface area contributed by atoms with Crippen molar-refractivity contribution in [2.75, 3.05) is 0 Å². The minimum atomic E-state index is -5.41. The van der Waals surface area contributed by atoms with E-state index in [2.05, 4.69) is 21.3 Å². The highest BCUT2D eigenvalue weighted by Gasteiger charge is 2.38. The SMILES string of the molecule is CCCCc1ccc(C#Cc2ccc(C(F)(F)Oc3cc(F)c(C#Cc4cc(F)c(OC(F)(F)F)c(F)c4)c(F)c3)c(F)c2)c(F)c1. The Hall–Kier alpha value is -5.17. The zero-order valence-corrected chi connectivity index (χ0v) is 23.9. The van der Waals surface area contributed by atoms with Crippen LogP contribution in [0.5, 0.6) is 11.5 Å². The molecule has 0 radical (unpaired) electrons. The van der Waals surface area contributed by atoms with Crippen LogP contribution in [0.4, 0.5) is 48.3 Å². The van der Waals surface area contributed by atoms with Crippen molar-refractivity contribution in [3.8, 4) is 35.2 Å². The second kappa shape index (κ2) is 14.1. The molecule has 0 saturated carbocycles. The molecule has 0 saturated heterocycles. The summed E-state index contributed by atoms with van der Waals surface area (Å²) in [5, 5.41) is 0. The van der Waals surface area contributed by atoms with Crippen molar-refractivity contribution < 1.29 is 57.8 Å². The lowest BCUT2D eigenvalue weighted by Gasteiger charge is -2.19. The second-order valence-electron chi connectivity index (χ2n) is 9.81. The minimum absolute atomic E-state index is 0.00773. The van der Waals surface area contributed by atoms with Gasteiger partial charge in [0.05, 0.1) is 11.1 Å². The van der Waals surface area contributed by atoms with E-state index < -0.39 is 75.6 Å². The van der Waals surface area contributed by atoms with Crippen LogP contribution in [0.2, 0.25) is 0 Å². The van der Waals surface area contributed by atoms with Crippen LogP contribution in [0.1, 0.15) is 53.1 Å². The summed E-state index contributed by atoms with van der Waals surface area (Å²) < 4.78 is 160. The van der Waals surface area contributed by atoms with E-state index >= 15 is 0 Å². The fourth-order valence-corrected chi connectivity index (χ4v) is 4.08.